The zero-order valence-electron chi connectivity index (χ0n) is 7.28. The average Bonchev–Trinajstić information content (AvgIpc) is 2.19. The number of nitrogens with zero attached hydrogens (tertiary/aromatic N) is 1. The summed E-state index contributed by atoms with van der Waals surface area (Å²) in [5.74, 6) is 2.25. The van der Waals surface area contributed by atoms with Gasteiger partial charge in [0.2, 0.25) is 0 Å². The van der Waals surface area contributed by atoms with Crippen LogP contribution in [0.5, 0.6) is 0 Å². The number of hydrogen-bond donors (Lipinski definition) is 1. The van der Waals surface area contributed by atoms with Gasteiger partial charge in [-0.1, -0.05) is 5.92 Å². The fourth-order valence-corrected chi connectivity index (χ4v) is 0.970. The Hall–Kier alpha value is -1.25. The molecule has 0 saturated carbocycles. The van der Waals surface area contributed by atoms with Gasteiger partial charge in [-0.05, 0) is 0 Å². The second kappa shape index (κ2) is 5.41. The molecule has 0 aromatic heterocycles. The molecule has 5 heteroatoms. The highest BCUT2D eigenvalue weighted by Crippen LogP contribution is 1.96. The minimum Gasteiger partial charge on any atom is -0.378 e. The van der Waals surface area contributed by atoms with E-state index < -0.39 is 0 Å². The summed E-state index contributed by atoms with van der Waals surface area (Å²) in [5, 5.41) is 0. The lowest BCUT2D eigenvalue weighted by molar-refractivity contribution is 0.0272. The van der Waals surface area contributed by atoms with Crippen molar-refractivity contribution in [3.63, 3.8) is 0 Å². The lowest BCUT2D eigenvalue weighted by atomic mass is 10.4. The van der Waals surface area contributed by atoms with Crippen molar-refractivity contribution >= 4 is 6.03 Å². The minimum atomic E-state index is -0.265. The summed E-state index contributed by atoms with van der Waals surface area (Å²) in [5.41, 5.74) is 2.24. The molecule has 13 heavy (non-hydrogen) atoms. The predicted octanol–water partition coefficient (Wildman–Crippen LogP) is -0.407. The van der Waals surface area contributed by atoms with E-state index in [9.17, 15) is 4.79 Å². The van der Waals surface area contributed by atoms with Crippen molar-refractivity contribution in [2.45, 2.75) is 0 Å². The number of carbonyl (C=O) groups excluding carboxylic acids is 1. The molecule has 0 aromatic rings. The Balaban J connectivity index is 2.18. The highest BCUT2D eigenvalue weighted by molar-refractivity contribution is 5.73. The topological polar surface area (TPSA) is 50.8 Å². The monoisotopic (exact) mass is 184 g/mol. The summed E-state index contributed by atoms with van der Waals surface area (Å²) in [7, 11) is 0. The maximum absolute atomic E-state index is 11.2. The average molecular weight is 184 g/mol. The minimum absolute atomic E-state index is 0.0794. The molecule has 1 saturated heterocycles. The van der Waals surface area contributed by atoms with Crippen molar-refractivity contribution < 1.29 is 14.4 Å². The number of amides is 2. The first kappa shape index (κ1) is 9.84. The summed E-state index contributed by atoms with van der Waals surface area (Å²) in [4.78, 5) is 17.5. The lowest BCUT2D eigenvalue weighted by Gasteiger charge is -2.26. The van der Waals surface area contributed by atoms with Crippen molar-refractivity contribution in [3.05, 3.63) is 0 Å². The number of nitrogens with one attached hydrogen (secondary N) is 1. The van der Waals surface area contributed by atoms with E-state index in [0.29, 0.717) is 26.3 Å². The van der Waals surface area contributed by atoms with Crippen molar-refractivity contribution in [2.75, 3.05) is 32.9 Å². The smallest absolute Gasteiger partial charge is 0.341 e. The summed E-state index contributed by atoms with van der Waals surface area (Å²) in [6, 6.07) is -0.265. The molecule has 0 spiro atoms. The van der Waals surface area contributed by atoms with Gasteiger partial charge in [0.15, 0.2) is 0 Å². The maximum Gasteiger partial charge on any atom is 0.341 e. The molecule has 0 bridgehead atoms. The number of urea groups is 1. The Morgan fingerprint density at radius 3 is 2.92 bits per heavy atom. The number of morpholine rings is 1. The van der Waals surface area contributed by atoms with Gasteiger partial charge >= 0.3 is 6.03 Å². The molecule has 0 aliphatic carbocycles. The van der Waals surface area contributed by atoms with Crippen LogP contribution in [-0.2, 0) is 9.57 Å². The van der Waals surface area contributed by atoms with Gasteiger partial charge in [0.05, 0.1) is 13.2 Å². The normalized spacial score (nSPS) is 16.4. The largest absolute Gasteiger partial charge is 0.378 e. The molecule has 0 atom stereocenters. The van der Waals surface area contributed by atoms with Gasteiger partial charge in [-0.15, -0.1) is 6.42 Å². The second-order valence-corrected chi connectivity index (χ2v) is 2.50. The van der Waals surface area contributed by atoms with Crippen LogP contribution in [0.25, 0.3) is 0 Å². The first-order valence-corrected chi connectivity index (χ1v) is 4.02. The molecule has 2 amide bonds. The van der Waals surface area contributed by atoms with E-state index in [1.807, 2.05) is 0 Å². The van der Waals surface area contributed by atoms with Crippen LogP contribution >= 0.6 is 0 Å². The predicted molar refractivity (Wildman–Crippen MR) is 45.7 cm³/mol. The quantitative estimate of drug-likeness (QED) is 0.360. The number of rotatable bonds is 2. The fourth-order valence-electron chi connectivity index (χ4n) is 0.970. The third-order valence-corrected chi connectivity index (χ3v) is 1.61. The third kappa shape index (κ3) is 3.32. The maximum atomic E-state index is 11.2. The van der Waals surface area contributed by atoms with Crippen LogP contribution in [0.15, 0.2) is 0 Å². The number of hydroxylamine groups is 1. The van der Waals surface area contributed by atoms with Gasteiger partial charge in [-0.2, -0.15) is 0 Å². The molecule has 1 N–H and O–H groups in total. The summed E-state index contributed by atoms with van der Waals surface area (Å²) < 4.78 is 5.08. The number of ether oxygens (including phenoxy) is 1. The van der Waals surface area contributed by atoms with Crippen molar-refractivity contribution in [1.29, 1.82) is 0 Å². The molecule has 1 aliphatic rings. The molecule has 0 aromatic carbocycles. The molecule has 1 rings (SSSR count). The molecule has 1 fully saturated rings. The first-order valence-electron chi connectivity index (χ1n) is 4.02. The Bertz CT molecular complexity index is 206. The zero-order valence-corrected chi connectivity index (χ0v) is 7.28. The highest BCUT2D eigenvalue weighted by atomic mass is 16.7. The van der Waals surface area contributed by atoms with Gasteiger partial charge < -0.3 is 9.64 Å². The number of hydrogen-bond acceptors (Lipinski definition) is 3. The standard InChI is InChI=1S/C8H12N2O3/c1-2-5-13-9-8(11)10-3-6-12-7-4-10/h1H,3-7H2,(H,9,11). The number of carbonyl (C=O) groups is 1. The van der Waals surface area contributed by atoms with Crippen molar-refractivity contribution in [1.82, 2.24) is 10.4 Å². The van der Waals surface area contributed by atoms with E-state index in [-0.39, 0.29) is 12.6 Å². The van der Waals surface area contributed by atoms with Crippen LogP contribution < -0.4 is 5.48 Å². The molecular formula is C8H12N2O3. The van der Waals surface area contributed by atoms with E-state index in [2.05, 4.69) is 16.2 Å². The van der Waals surface area contributed by atoms with Gasteiger partial charge in [0.25, 0.3) is 0 Å². The molecule has 0 radical (unpaired) electrons. The van der Waals surface area contributed by atoms with Crippen LogP contribution in [0.4, 0.5) is 4.79 Å². The van der Waals surface area contributed by atoms with Crippen LogP contribution in [0.1, 0.15) is 0 Å². The van der Waals surface area contributed by atoms with Gasteiger partial charge in [-0.25, -0.2) is 10.3 Å². The summed E-state index contributed by atoms with van der Waals surface area (Å²) >= 11 is 0. The van der Waals surface area contributed by atoms with Crippen LogP contribution in [0, 0.1) is 12.3 Å². The van der Waals surface area contributed by atoms with Crippen LogP contribution in [0.3, 0.4) is 0 Å². The molecule has 0 unspecified atom stereocenters. The van der Waals surface area contributed by atoms with E-state index in [0.717, 1.165) is 0 Å². The van der Waals surface area contributed by atoms with Crippen LogP contribution in [0.2, 0.25) is 0 Å². The van der Waals surface area contributed by atoms with Gasteiger partial charge in [-0.3, -0.25) is 4.84 Å². The van der Waals surface area contributed by atoms with E-state index in [1.54, 1.807) is 4.90 Å². The Morgan fingerprint density at radius 1 is 1.62 bits per heavy atom. The van der Waals surface area contributed by atoms with Gasteiger partial charge in [0, 0.05) is 13.1 Å². The Morgan fingerprint density at radius 2 is 2.31 bits per heavy atom. The van der Waals surface area contributed by atoms with Crippen molar-refractivity contribution in [3.8, 4) is 12.3 Å². The Labute approximate surface area is 76.9 Å². The Kier molecular flexibility index (Phi) is 4.09. The van der Waals surface area contributed by atoms with E-state index in [1.165, 1.54) is 0 Å². The SMILES string of the molecule is C#CCONC(=O)N1CCOCC1. The second-order valence-electron chi connectivity index (χ2n) is 2.50. The summed E-state index contributed by atoms with van der Waals surface area (Å²) in [6.07, 6.45) is 4.93. The molecule has 72 valence electrons. The lowest BCUT2D eigenvalue weighted by Crippen LogP contribution is -2.46. The third-order valence-electron chi connectivity index (χ3n) is 1.61. The number of terminal acetylenes is 1. The van der Waals surface area contributed by atoms with E-state index in [4.69, 9.17) is 11.2 Å². The van der Waals surface area contributed by atoms with E-state index >= 15 is 0 Å². The molecule has 1 aliphatic heterocycles. The molecule has 5 nitrogen and oxygen atoms in total. The fraction of sp³-hybridized carbons (Fsp3) is 0.625. The first-order chi connectivity index (χ1) is 6.34. The molecular weight excluding hydrogens is 172 g/mol. The van der Waals surface area contributed by atoms with Crippen LogP contribution in [-0.4, -0.2) is 43.8 Å². The zero-order chi connectivity index (χ0) is 9.52. The molecule has 1 heterocycles. The van der Waals surface area contributed by atoms with Gasteiger partial charge in [0.1, 0.15) is 6.61 Å². The van der Waals surface area contributed by atoms with Crippen molar-refractivity contribution in [2.24, 2.45) is 0 Å². The highest BCUT2D eigenvalue weighted by Gasteiger charge is 2.15. The summed E-state index contributed by atoms with van der Waals surface area (Å²) in [6.45, 7) is 2.40.